The largest absolute Gasteiger partial charge is 0.504 e. The lowest BCUT2D eigenvalue weighted by Crippen LogP contribution is -2.39. The van der Waals surface area contributed by atoms with E-state index in [2.05, 4.69) is 20.6 Å². The fraction of sp³-hybridized carbons (Fsp3) is 0.353. The number of rotatable bonds is 10. The summed E-state index contributed by atoms with van der Waals surface area (Å²) in [5.41, 5.74) is 1.59. The molecule has 1 saturated heterocycles. The maximum atomic E-state index is 12.2. The first-order valence-corrected chi connectivity index (χ1v) is 15.6. The van der Waals surface area contributed by atoms with Crippen molar-refractivity contribution in [2.24, 2.45) is 9.98 Å². The number of aliphatic carboxylic acids is 2. The number of amidine groups is 2. The molecular formula is C34H42N6O10. The Bertz CT molecular complexity index is 1570. The minimum Gasteiger partial charge on any atom is -0.504 e. The number of nitrogens with one attached hydrogen (secondary N) is 2. The van der Waals surface area contributed by atoms with Crippen molar-refractivity contribution in [3.63, 3.8) is 0 Å². The van der Waals surface area contributed by atoms with Crippen LogP contribution in [0.1, 0.15) is 37.8 Å². The van der Waals surface area contributed by atoms with Crippen LogP contribution in [0.2, 0.25) is 0 Å². The number of benzene rings is 2. The number of carboxylic acid groups (broad SMARTS) is 2. The third-order valence-electron chi connectivity index (χ3n) is 7.34. The van der Waals surface area contributed by atoms with E-state index in [1.54, 1.807) is 38.1 Å². The third-order valence-corrected chi connectivity index (χ3v) is 7.34. The van der Waals surface area contributed by atoms with Crippen molar-refractivity contribution in [2.45, 2.75) is 26.7 Å². The number of piperazine rings is 1. The quantitative estimate of drug-likeness (QED) is 0.197. The lowest BCUT2D eigenvalue weighted by molar-refractivity contribution is -0.138. The molecule has 0 unspecified atom stereocenters. The number of carboxylic acids is 2. The molecule has 268 valence electrons. The Morgan fingerprint density at radius 2 is 1.08 bits per heavy atom. The van der Waals surface area contributed by atoms with E-state index in [0.29, 0.717) is 34.3 Å². The first-order chi connectivity index (χ1) is 23.8. The number of carbonyl (C=O) groups is 4. The molecule has 3 heterocycles. The van der Waals surface area contributed by atoms with Gasteiger partial charge in [0.25, 0.3) is 11.8 Å². The number of ether oxygens (including phenoxy) is 2. The molecule has 0 atom stereocenters. The summed E-state index contributed by atoms with van der Waals surface area (Å²) in [5.74, 6) is -1.15. The van der Waals surface area contributed by atoms with Crippen LogP contribution in [0.15, 0.2) is 57.8 Å². The van der Waals surface area contributed by atoms with Gasteiger partial charge in [0, 0.05) is 39.3 Å². The van der Waals surface area contributed by atoms with Gasteiger partial charge in [0.2, 0.25) is 0 Å². The molecule has 16 nitrogen and oxygen atoms in total. The molecule has 5 rings (SSSR count). The van der Waals surface area contributed by atoms with E-state index in [-0.39, 0.29) is 60.6 Å². The molecule has 2 aromatic rings. The predicted molar refractivity (Wildman–Crippen MR) is 185 cm³/mol. The zero-order valence-electron chi connectivity index (χ0n) is 28.3. The number of aliphatic imine (C=N–C) groups is 2. The van der Waals surface area contributed by atoms with E-state index in [1.165, 1.54) is 48.3 Å². The zero-order chi connectivity index (χ0) is 36.8. The van der Waals surface area contributed by atoms with Crippen LogP contribution in [0.25, 0.3) is 12.2 Å². The van der Waals surface area contributed by atoms with Gasteiger partial charge in [-0.15, -0.1) is 0 Å². The van der Waals surface area contributed by atoms with Gasteiger partial charge in [-0.25, -0.2) is 9.98 Å². The highest BCUT2D eigenvalue weighted by Gasteiger charge is 2.28. The Balaban J connectivity index is 0.000000231. The van der Waals surface area contributed by atoms with Crippen LogP contribution in [0.5, 0.6) is 23.0 Å². The summed E-state index contributed by atoms with van der Waals surface area (Å²) < 4.78 is 9.90. The van der Waals surface area contributed by atoms with Crippen LogP contribution in [0.3, 0.4) is 0 Å². The van der Waals surface area contributed by atoms with Crippen molar-refractivity contribution >= 4 is 47.6 Å². The summed E-state index contributed by atoms with van der Waals surface area (Å²) in [4.78, 5) is 56.6. The molecule has 3 aliphatic rings. The molecule has 2 amide bonds. The Kier molecular flexibility index (Phi) is 14.5. The lowest BCUT2D eigenvalue weighted by atomic mass is 10.1. The van der Waals surface area contributed by atoms with E-state index >= 15 is 0 Å². The van der Waals surface area contributed by atoms with Gasteiger partial charge < -0.3 is 40.5 Å². The minimum absolute atomic E-state index is 0.0364. The number of carbonyl (C=O) groups excluding carboxylic acids is 2. The normalized spacial score (nSPS) is 17.0. The summed E-state index contributed by atoms with van der Waals surface area (Å²) in [6.07, 6.45) is 2.78. The van der Waals surface area contributed by atoms with Crippen LogP contribution in [-0.4, -0.2) is 119 Å². The molecule has 0 radical (unpaired) electrons. The van der Waals surface area contributed by atoms with Crippen molar-refractivity contribution in [3.8, 4) is 23.0 Å². The summed E-state index contributed by atoms with van der Waals surface area (Å²) in [5, 5.41) is 43.3. The Labute approximate surface area is 289 Å². The molecule has 6 N–H and O–H groups in total. The SMILES string of the molecule is C1CNCCN1.COc1ccc(/C=C2/N=C(C)N(CCC(=O)O)C2=O)cc1O.COc1ccc(/C=C2/N=C(C)N(CCC(=O)O)C2=O)cc1O. The van der Waals surface area contributed by atoms with Gasteiger partial charge in [0.1, 0.15) is 23.1 Å². The monoisotopic (exact) mass is 694 g/mol. The number of hydrogen-bond acceptors (Lipinski definition) is 12. The Hall–Kier alpha value is -5.74. The van der Waals surface area contributed by atoms with Crippen LogP contribution in [0.4, 0.5) is 0 Å². The minimum atomic E-state index is -0.974. The van der Waals surface area contributed by atoms with Crippen molar-refractivity contribution in [3.05, 3.63) is 58.9 Å². The number of phenolic OH excluding ortho intramolecular Hbond substituents is 2. The second-order valence-corrected chi connectivity index (χ2v) is 10.9. The average Bonchev–Trinajstić information content (AvgIpc) is 3.51. The molecule has 0 bridgehead atoms. The third kappa shape index (κ3) is 11.2. The number of methoxy groups -OCH3 is 2. The molecule has 0 saturated carbocycles. The molecule has 3 aliphatic heterocycles. The number of amides is 2. The highest BCUT2D eigenvalue weighted by atomic mass is 16.5. The van der Waals surface area contributed by atoms with Gasteiger partial charge in [-0.3, -0.25) is 29.0 Å². The molecule has 16 heteroatoms. The summed E-state index contributed by atoms with van der Waals surface area (Å²) in [6, 6.07) is 9.46. The first kappa shape index (κ1) is 38.7. The molecule has 0 aliphatic carbocycles. The van der Waals surface area contributed by atoms with Gasteiger partial charge in [-0.05, 0) is 61.4 Å². The fourth-order valence-electron chi connectivity index (χ4n) is 4.78. The van der Waals surface area contributed by atoms with Crippen molar-refractivity contribution < 1.29 is 49.1 Å². The average molecular weight is 695 g/mol. The van der Waals surface area contributed by atoms with Crippen LogP contribution in [0, 0.1) is 0 Å². The van der Waals surface area contributed by atoms with Crippen molar-refractivity contribution in [1.82, 2.24) is 20.4 Å². The highest BCUT2D eigenvalue weighted by molar-refractivity contribution is 6.14. The van der Waals surface area contributed by atoms with Crippen LogP contribution in [-0.2, 0) is 19.2 Å². The van der Waals surface area contributed by atoms with E-state index < -0.39 is 11.9 Å². The molecule has 0 spiro atoms. The summed E-state index contributed by atoms with van der Waals surface area (Å²) in [7, 11) is 2.89. The molecule has 2 aromatic carbocycles. The Morgan fingerprint density at radius 3 is 1.36 bits per heavy atom. The van der Waals surface area contributed by atoms with Gasteiger partial charge in [-0.1, -0.05) is 12.1 Å². The number of aromatic hydroxyl groups is 2. The maximum absolute atomic E-state index is 12.2. The second-order valence-electron chi connectivity index (χ2n) is 10.9. The number of phenols is 2. The molecular weight excluding hydrogens is 652 g/mol. The maximum Gasteiger partial charge on any atom is 0.305 e. The molecule has 50 heavy (non-hydrogen) atoms. The van der Waals surface area contributed by atoms with Gasteiger partial charge >= 0.3 is 11.9 Å². The van der Waals surface area contributed by atoms with Gasteiger partial charge in [0.05, 0.1) is 27.1 Å². The molecule has 1 fully saturated rings. The number of nitrogens with zero attached hydrogens (tertiary/aromatic N) is 4. The van der Waals surface area contributed by atoms with Gasteiger partial charge in [0.15, 0.2) is 23.0 Å². The van der Waals surface area contributed by atoms with E-state index in [4.69, 9.17) is 19.7 Å². The van der Waals surface area contributed by atoms with Crippen LogP contribution >= 0.6 is 0 Å². The standard InChI is InChI=1S/2C15H16N2O5.C4H10N2/c2*1-9-16-11(15(21)17(9)6-5-14(19)20)7-10-3-4-13(22-2)12(18)8-10;1-2-6-4-3-5-1/h2*3-4,7-8,18H,5-6H2,1-2H3,(H,19,20);5-6H,1-4H2/b2*11-7+;. The van der Waals surface area contributed by atoms with E-state index in [1.807, 2.05) is 0 Å². The fourth-order valence-corrected chi connectivity index (χ4v) is 4.78. The number of hydrogen-bond donors (Lipinski definition) is 6. The lowest BCUT2D eigenvalue weighted by Gasteiger charge is -2.13. The van der Waals surface area contributed by atoms with Crippen LogP contribution < -0.4 is 20.1 Å². The zero-order valence-corrected chi connectivity index (χ0v) is 28.3. The summed E-state index contributed by atoms with van der Waals surface area (Å²) in [6.45, 7) is 8.00. The van der Waals surface area contributed by atoms with Gasteiger partial charge in [-0.2, -0.15) is 0 Å². The first-order valence-electron chi connectivity index (χ1n) is 15.6. The predicted octanol–water partition coefficient (Wildman–Crippen LogP) is 2.13. The van der Waals surface area contributed by atoms with Crippen molar-refractivity contribution in [1.29, 1.82) is 0 Å². The highest BCUT2D eigenvalue weighted by Crippen LogP contribution is 2.29. The Morgan fingerprint density at radius 1 is 0.720 bits per heavy atom. The molecule has 0 aromatic heterocycles. The van der Waals surface area contributed by atoms with Crippen molar-refractivity contribution in [2.75, 3.05) is 53.5 Å². The van der Waals surface area contributed by atoms with E-state index in [9.17, 15) is 29.4 Å². The smallest absolute Gasteiger partial charge is 0.305 e. The topological polar surface area (TPSA) is 223 Å². The van der Waals surface area contributed by atoms with E-state index in [0.717, 1.165) is 26.2 Å². The summed E-state index contributed by atoms with van der Waals surface area (Å²) >= 11 is 0. The second kappa shape index (κ2) is 18.7.